The molecule has 0 bridgehead atoms. The topological polar surface area (TPSA) is 29.5 Å². The highest BCUT2D eigenvalue weighted by Crippen LogP contribution is 2.65. The summed E-state index contributed by atoms with van der Waals surface area (Å²) in [5.74, 6) is 2.51. The van der Waals surface area contributed by atoms with E-state index in [1.165, 1.54) is 33.4 Å². The van der Waals surface area contributed by atoms with Crippen LogP contribution >= 0.6 is 0 Å². The van der Waals surface area contributed by atoms with Crippen molar-refractivity contribution in [2.45, 2.75) is 45.1 Å². The van der Waals surface area contributed by atoms with Crippen LogP contribution in [-0.4, -0.2) is 10.7 Å². The number of hydrogen-bond donors (Lipinski definition) is 1. The number of benzene rings is 1. The molecule has 6 aliphatic carbocycles. The van der Waals surface area contributed by atoms with Gasteiger partial charge in [-0.25, -0.2) is 0 Å². The molecule has 0 aromatic heterocycles. The molecule has 8 rings (SSSR count). The van der Waals surface area contributed by atoms with Crippen molar-refractivity contribution in [2.75, 3.05) is 0 Å². The first-order valence-electron chi connectivity index (χ1n) is 14.2. The van der Waals surface area contributed by atoms with Crippen LogP contribution in [0.15, 0.2) is 131 Å². The number of fused-ring (bicyclic) bond motifs is 2. The number of aryl methyl sites for hydroxylation is 1. The molecule has 1 aromatic carbocycles. The molecule has 0 fully saturated rings. The molecule has 0 amide bonds. The fourth-order valence-electron chi connectivity index (χ4n) is 8.47. The third-order valence-corrected chi connectivity index (χ3v) is 10.8. The number of allylic oxidation sites excluding steroid dienone is 14. The Balaban J connectivity index is 1.40. The van der Waals surface area contributed by atoms with Crippen molar-refractivity contribution in [3.63, 3.8) is 0 Å². The molecule has 38 heavy (non-hydrogen) atoms. The van der Waals surface area contributed by atoms with E-state index in [2.05, 4.69) is 106 Å². The average Bonchev–Trinajstić information content (AvgIpc) is 3.50. The molecule has 190 valence electrons. The van der Waals surface area contributed by atoms with Crippen molar-refractivity contribution in [2.24, 2.45) is 28.6 Å². The number of hydrogen-bond acceptors (Lipinski definition) is 2. The first-order valence-corrected chi connectivity index (χ1v) is 14.2. The summed E-state index contributed by atoms with van der Waals surface area (Å²) in [4.78, 5) is 0. The van der Waals surface area contributed by atoms with Crippen molar-refractivity contribution >= 4 is 0 Å². The molecule has 0 spiro atoms. The summed E-state index contributed by atoms with van der Waals surface area (Å²) in [6, 6.07) is 9.30. The van der Waals surface area contributed by atoms with Crippen LogP contribution < -0.4 is 0 Å². The van der Waals surface area contributed by atoms with Crippen molar-refractivity contribution in [3.8, 4) is 0 Å². The standard InChI is InChI=1S/C36H34O2/c1-4-5-22-6-8-23(9-7-22)31-32-27-15-12-24-10-11-25(34(24,27)2)13-16-29(32)38-30-17-14-26-18-20-36(37)21-19-28(33(30)31)35(26,36)3/h6-21,24,26,28,31,37H,4-5H2,1-3H3. The molecule has 2 heteroatoms. The van der Waals surface area contributed by atoms with E-state index in [1.54, 1.807) is 0 Å². The van der Waals surface area contributed by atoms with Crippen LogP contribution in [0.3, 0.4) is 0 Å². The van der Waals surface area contributed by atoms with Gasteiger partial charge in [-0.3, -0.25) is 0 Å². The first kappa shape index (κ1) is 22.6. The van der Waals surface area contributed by atoms with Gasteiger partial charge in [-0.2, -0.15) is 0 Å². The molecule has 2 nitrogen and oxygen atoms in total. The SMILES string of the molecule is CCCc1ccc(C2C3=C4C=CC5C=CC(=CC=C3OC3=C2C2C=CC6(O)C=CC(C=C3)C26C)C45C)cc1. The second-order valence-corrected chi connectivity index (χ2v) is 12.5. The van der Waals surface area contributed by atoms with E-state index in [0.717, 1.165) is 24.4 Å². The van der Waals surface area contributed by atoms with Gasteiger partial charge < -0.3 is 9.84 Å². The summed E-state index contributed by atoms with van der Waals surface area (Å²) in [5, 5.41) is 11.8. The summed E-state index contributed by atoms with van der Waals surface area (Å²) < 4.78 is 6.88. The smallest absolute Gasteiger partial charge is 0.131 e. The lowest BCUT2D eigenvalue weighted by Crippen LogP contribution is -2.45. The zero-order valence-corrected chi connectivity index (χ0v) is 22.3. The largest absolute Gasteiger partial charge is 0.457 e. The Bertz CT molecular complexity index is 1550. The predicted octanol–water partition coefficient (Wildman–Crippen LogP) is 7.57. The molecule has 1 heterocycles. The maximum atomic E-state index is 11.8. The van der Waals surface area contributed by atoms with Gasteiger partial charge in [0, 0.05) is 40.1 Å². The van der Waals surface area contributed by atoms with Crippen LogP contribution in [0.5, 0.6) is 0 Å². The Morgan fingerprint density at radius 3 is 2.45 bits per heavy atom. The summed E-state index contributed by atoms with van der Waals surface area (Å²) in [6.07, 6.45) is 29.0. The molecule has 1 aliphatic heterocycles. The summed E-state index contributed by atoms with van der Waals surface area (Å²) in [7, 11) is 0. The van der Waals surface area contributed by atoms with E-state index in [0.29, 0.717) is 5.92 Å². The van der Waals surface area contributed by atoms with E-state index in [9.17, 15) is 5.11 Å². The average molecular weight is 499 g/mol. The molecular formula is C36H34O2. The van der Waals surface area contributed by atoms with Crippen LogP contribution in [0.2, 0.25) is 0 Å². The molecule has 7 aliphatic rings. The second-order valence-electron chi connectivity index (χ2n) is 12.5. The van der Waals surface area contributed by atoms with Gasteiger partial charge in [-0.05, 0) is 46.4 Å². The van der Waals surface area contributed by atoms with E-state index in [1.807, 2.05) is 12.2 Å². The minimum Gasteiger partial charge on any atom is -0.457 e. The predicted molar refractivity (Wildman–Crippen MR) is 152 cm³/mol. The van der Waals surface area contributed by atoms with Crippen molar-refractivity contribution in [1.29, 1.82) is 0 Å². The first-order chi connectivity index (χ1) is 18.4. The van der Waals surface area contributed by atoms with Crippen LogP contribution in [0.25, 0.3) is 0 Å². The maximum absolute atomic E-state index is 11.8. The molecule has 0 radical (unpaired) electrons. The van der Waals surface area contributed by atoms with Crippen LogP contribution in [0.4, 0.5) is 0 Å². The summed E-state index contributed by atoms with van der Waals surface area (Å²) in [5.41, 5.74) is 6.56. The zero-order valence-electron chi connectivity index (χ0n) is 22.3. The van der Waals surface area contributed by atoms with Gasteiger partial charge in [-0.1, -0.05) is 112 Å². The fraction of sp³-hybridized carbons (Fsp3) is 0.333. The number of aliphatic hydroxyl groups is 1. The third-order valence-electron chi connectivity index (χ3n) is 10.8. The molecule has 1 N–H and O–H groups in total. The van der Waals surface area contributed by atoms with Crippen molar-refractivity contribution < 1.29 is 9.84 Å². The van der Waals surface area contributed by atoms with E-state index in [-0.39, 0.29) is 28.6 Å². The lowest BCUT2D eigenvalue weighted by Gasteiger charge is -2.45. The van der Waals surface area contributed by atoms with Crippen LogP contribution in [-0.2, 0) is 11.2 Å². The van der Waals surface area contributed by atoms with E-state index >= 15 is 0 Å². The fourth-order valence-corrected chi connectivity index (χ4v) is 8.47. The van der Waals surface area contributed by atoms with Gasteiger partial charge in [0.15, 0.2) is 0 Å². The van der Waals surface area contributed by atoms with E-state index < -0.39 is 5.60 Å². The molecule has 0 saturated carbocycles. The quantitative estimate of drug-likeness (QED) is 0.436. The Morgan fingerprint density at radius 2 is 1.63 bits per heavy atom. The van der Waals surface area contributed by atoms with Gasteiger partial charge in [0.05, 0.1) is 0 Å². The lowest BCUT2D eigenvalue weighted by molar-refractivity contribution is -0.00354. The van der Waals surface area contributed by atoms with Gasteiger partial charge in [0.25, 0.3) is 0 Å². The minimum atomic E-state index is -0.948. The van der Waals surface area contributed by atoms with Gasteiger partial charge in [0.1, 0.15) is 17.1 Å². The van der Waals surface area contributed by atoms with Crippen molar-refractivity contribution in [1.82, 2.24) is 0 Å². The molecular weight excluding hydrogens is 464 g/mol. The van der Waals surface area contributed by atoms with Gasteiger partial charge >= 0.3 is 0 Å². The van der Waals surface area contributed by atoms with Crippen molar-refractivity contribution in [3.05, 3.63) is 142 Å². The highest BCUT2D eigenvalue weighted by Gasteiger charge is 2.62. The second kappa shape index (κ2) is 7.39. The zero-order chi connectivity index (χ0) is 25.9. The Morgan fingerprint density at radius 1 is 0.868 bits per heavy atom. The summed E-state index contributed by atoms with van der Waals surface area (Å²) in [6.45, 7) is 6.89. The Kier molecular flexibility index (Phi) is 4.40. The number of rotatable bonds is 3. The molecule has 7 atom stereocenters. The Hall–Kier alpha value is -3.36. The highest BCUT2D eigenvalue weighted by atomic mass is 16.5. The van der Waals surface area contributed by atoms with Crippen LogP contribution in [0, 0.1) is 28.6 Å². The van der Waals surface area contributed by atoms with Gasteiger partial charge in [-0.15, -0.1) is 0 Å². The maximum Gasteiger partial charge on any atom is 0.131 e. The van der Waals surface area contributed by atoms with E-state index in [4.69, 9.17) is 4.74 Å². The Labute approximate surface area is 225 Å². The normalized spacial score (nSPS) is 40.4. The highest BCUT2D eigenvalue weighted by molar-refractivity contribution is 5.66. The monoisotopic (exact) mass is 498 g/mol. The minimum absolute atomic E-state index is 0.0436. The lowest BCUT2D eigenvalue weighted by atomic mass is 9.60. The molecule has 7 unspecified atom stereocenters. The molecule has 0 saturated heterocycles. The van der Waals surface area contributed by atoms with Gasteiger partial charge in [0.2, 0.25) is 0 Å². The summed E-state index contributed by atoms with van der Waals surface area (Å²) >= 11 is 0. The third kappa shape index (κ3) is 2.58. The molecule has 1 aromatic rings. The van der Waals surface area contributed by atoms with Crippen LogP contribution in [0.1, 0.15) is 44.2 Å². The number of ether oxygens (including phenoxy) is 1.